The monoisotopic (exact) mass is 393 g/mol. The van der Waals surface area contributed by atoms with Crippen LogP contribution in [-0.2, 0) is 4.79 Å². The topological polar surface area (TPSA) is 69.2 Å². The summed E-state index contributed by atoms with van der Waals surface area (Å²) >= 11 is 6.09. The first-order valence-electron chi connectivity index (χ1n) is 9.50. The maximum absolute atomic E-state index is 11.9. The molecule has 1 saturated carbocycles. The molecule has 0 radical (unpaired) electrons. The van der Waals surface area contributed by atoms with E-state index in [0.717, 1.165) is 45.0 Å². The van der Waals surface area contributed by atoms with Crippen molar-refractivity contribution in [2.24, 2.45) is 4.99 Å². The van der Waals surface area contributed by atoms with Crippen LogP contribution < -0.4 is 15.4 Å². The van der Waals surface area contributed by atoms with Gasteiger partial charge >= 0.3 is 0 Å². The van der Waals surface area contributed by atoms with Crippen LogP contribution >= 0.6 is 11.6 Å². The van der Waals surface area contributed by atoms with E-state index in [1.165, 1.54) is 0 Å². The number of para-hydroxylation sites is 1. The first-order valence-corrected chi connectivity index (χ1v) is 9.88. The second-order valence-corrected chi connectivity index (χ2v) is 7.27. The number of carbonyl (C=O) groups is 1. The molecule has 148 valence electrons. The maximum atomic E-state index is 11.9. The molecule has 1 amide bonds. The highest BCUT2D eigenvalue weighted by Gasteiger charge is 2.25. The van der Waals surface area contributed by atoms with Crippen molar-refractivity contribution in [3.8, 4) is 5.75 Å². The minimum absolute atomic E-state index is 0.144. The molecule has 0 aromatic heterocycles. The minimum atomic E-state index is 0.144. The summed E-state index contributed by atoms with van der Waals surface area (Å²) in [6.45, 7) is 5.04. The van der Waals surface area contributed by atoms with E-state index in [9.17, 15) is 4.79 Å². The first kappa shape index (κ1) is 19.8. The molecule has 7 nitrogen and oxygen atoms in total. The number of nitrogens with zero attached hydrogens (tertiary/aromatic N) is 3. The van der Waals surface area contributed by atoms with Crippen LogP contribution in [0.3, 0.4) is 0 Å². The van der Waals surface area contributed by atoms with E-state index in [1.807, 2.05) is 24.3 Å². The largest absolute Gasteiger partial charge is 0.490 e. The van der Waals surface area contributed by atoms with E-state index in [1.54, 1.807) is 7.05 Å². The molecule has 0 bridgehead atoms. The molecule has 2 N–H and O–H groups in total. The SMILES string of the molecule is CN=C(NCCOc1ccccc1Cl)N1CCN(CC(=O)NC2CC2)CC1. The van der Waals surface area contributed by atoms with E-state index in [-0.39, 0.29) is 5.91 Å². The predicted molar refractivity (Wildman–Crippen MR) is 107 cm³/mol. The Morgan fingerprint density at radius 3 is 2.67 bits per heavy atom. The smallest absolute Gasteiger partial charge is 0.234 e. The van der Waals surface area contributed by atoms with Crippen molar-refractivity contribution in [3.05, 3.63) is 29.3 Å². The van der Waals surface area contributed by atoms with Crippen molar-refractivity contribution in [3.63, 3.8) is 0 Å². The van der Waals surface area contributed by atoms with Crippen LogP contribution in [0, 0.1) is 0 Å². The second kappa shape index (κ2) is 9.80. The first-order chi connectivity index (χ1) is 13.2. The maximum Gasteiger partial charge on any atom is 0.234 e. The number of guanidine groups is 1. The summed E-state index contributed by atoms with van der Waals surface area (Å²) in [6, 6.07) is 7.88. The third kappa shape index (κ3) is 6.29. The highest BCUT2D eigenvalue weighted by atomic mass is 35.5. The Bertz CT molecular complexity index is 657. The summed E-state index contributed by atoms with van der Waals surface area (Å²) in [6.07, 6.45) is 2.25. The number of ether oxygens (including phenoxy) is 1. The van der Waals surface area contributed by atoms with Gasteiger partial charge in [-0.2, -0.15) is 0 Å². The Morgan fingerprint density at radius 2 is 2.00 bits per heavy atom. The number of aliphatic imine (C=N–C) groups is 1. The number of piperazine rings is 1. The molecular formula is C19H28ClN5O2. The lowest BCUT2D eigenvalue weighted by Crippen LogP contribution is -2.54. The van der Waals surface area contributed by atoms with Gasteiger partial charge in [-0.3, -0.25) is 14.7 Å². The van der Waals surface area contributed by atoms with Gasteiger partial charge in [0.1, 0.15) is 12.4 Å². The third-order valence-corrected chi connectivity index (χ3v) is 4.98. The van der Waals surface area contributed by atoms with Crippen LogP contribution in [0.2, 0.25) is 5.02 Å². The molecule has 8 heteroatoms. The average Bonchev–Trinajstić information content (AvgIpc) is 3.48. The standard InChI is InChI=1S/C19H28ClN5O2/c1-21-19(22-8-13-27-17-5-3-2-4-16(17)20)25-11-9-24(10-12-25)14-18(26)23-15-6-7-15/h2-5,15H,6-14H2,1H3,(H,21,22)(H,23,26). The van der Waals surface area contributed by atoms with Crippen LogP contribution in [0.25, 0.3) is 0 Å². The van der Waals surface area contributed by atoms with Gasteiger partial charge in [0.2, 0.25) is 5.91 Å². The van der Waals surface area contributed by atoms with Crippen molar-refractivity contribution in [1.82, 2.24) is 20.4 Å². The van der Waals surface area contributed by atoms with Crippen LogP contribution in [0.1, 0.15) is 12.8 Å². The molecule has 1 aliphatic heterocycles. The number of carbonyl (C=O) groups excluding carboxylic acids is 1. The quantitative estimate of drug-likeness (QED) is 0.414. The molecular weight excluding hydrogens is 366 g/mol. The Balaban J connectivity index is 1.34. The summed E-state index contributed by atoms with van der Waals surface area (Å²) in [5.41, 5.74) is 0. The van der Waals surface area contributed by atoms with Crippen molar-refractivity contribution < 1.29 is 9.53 Å². The van der Waals surface area contributed by atoms with Gasteiger partial charge in [-0.05, 0) is 25.0 Å². The fraction of sp³-hybridized carbons (Fsp3) is 0.579. The Morgan fingerprint density at radius 1 is 1.26 bits per heavy atom. The normalized spacial score (nSPS) is 18.3. The van der Waals surface area contributed by atoms with E-state index in [2.05, 4.69) is 25.4 Å². The van der Waals surface area contributed by atoms with Gasteiger partial charge in [-0.1, -0.05) is 23.7 Å². The molecule has 27 heavy (non-hydrogen) atoms. The van der Waals surface area contributed by atoms with E-state index >= 15 is 0 Å². The van der Waals surface area contributed by atoms with Gasteiger partial charge < -0.3 is 20.3 Å². The molecule has 1 heterocycles. The molecule has 0 atom stereocenters. The lowest BCUT2D eigenvalue weighted by molar-refractivity contribution is -0.122. The molecule has 1 aliphatic carbocycles. The zero-order valence-corrected chi connectivity index (χ0v) is 16.5. The molecule has 0 unspecified atom stereocenters. The van der Waals surface area contributed by atoms with Crippen molar-refractivity contribution in [2.75, 3.05) is 52.9 Å². The number of rotatable bonds is 7. The van der Waals surface area contributed by atoms with Crippen LogP contribution in [-0.4, -0.2) is 80.6 Å². The average molecular weight is 394 g/mol. The number of halogens is 1. The lowest BCUT2D eigenvalue weighted by Gasteiger charge is -2.36. The fourth-order valence-corrected chi connectivity index (χ4v) is 3.23. The molecule has 1 saturated heterocycles. The van der Waals surface area contributed by atoms with Gasteiger partial charge in [0, 0.05) is 39.3 Å². The molecule has 1 aromatic rings. The van der Waals surface area contributed by atoms with Crippen molar-refractivity contribution >= 4 is 23.5 Å². The van der Waals surface area contributed by atoms with E-state index in [0.29, 0.717) is 36.5 Å². The number of hydrogen-bond acceptors (Lipinski definition) is 4. The molecule has 2 aliphatic rings. The van der Waals surface area contributed by atoms with Crippen LogP contribution in [0.4, 0.5) is 0 Å². The fourth-order valence-electron chi connectivity index (χ4n) is 3.04. The summed E-state index contributed by atoms with van der Waals surface area (Å²) in [5, 5.41) is 6.99. The van der Waals surface area contributed by atoms with Crippen molar-refractivity contribution in [2.45, 2.75) is 18.9 Å². The number of nitrogens with one attached hydrogen (secondary N) is 2. The predicted octanol–water partition coefficient (Wildman–Crippen LogP) is 1.19. The van der Waals surface area contributed by atoms with Gasteiger partial charge in [0.15, 0.2) is 5.96 Å². The molecule has 1 aromatic carbocycles. The molecule has 0 spiro atoms. The van der Waals surface area contributed by atoms with Crippen LogP contribution in [0.15, 0.2) is 29.3 Å². The minimum Gasteiger partial charge on any atom is -0.490 e. The zero-order chi connectivity index (χ0) is 19.1. The third-order valence-electron chi connectivity index (χ3n) is 4.67. The van der Waals surface area contributed by atoms with Gasteiger partial charge in [0.05, 0.1) is 18.1 Å². The molecule has 2 fully saturated rings. The number of hydrogen-bond donors (Lipinski definition) is 2. The number of amides is 1. The van der Waals surface area contributed by atoms with Crippen molar-refractivity contribution in [1.29, 1.82) is 0 Å². The zero-order valence-electron chi connectivity index (χ0n) is 15.8. The van der Waals surface area contributed by atoms with Gasteiger partial charge in [0.25, 0.3) is 0 Å². The Labute approximate surface area is 165 Å². The highest BCUT2D eigenvalue weighted by Crippen LogP contribution is 2.22. The van der Waals surface area contributed by atoms with Crippen LogP contribution in [0.5, 0.6) is 5.75 Å². The van der Waals surface area contributed by atoms with E-state index < -0.39 is 0 Å². The summed E-state index contributed by atoms with van der Waals surface area (Å²) < 4.78 is 5.70. The Kier molecular flexibility index (Phi) is 7.18. The lowest BCUT2D eigenvalue weighted by atomic mass is 10.3. The molecule has 3 rings (SSSR count). The summed E-state index contributed by atoms with van der Waals surface area (Å²) in [4.78, 5) is 20.7. The van der Waals surface area contributed by atoms with Gasteiger partial charge in [-0.25, -0.2) is 0 Å². The number of benzene rings is 1. The highest BCUT2D eigenvalue weighted by molar-refractivity contribution is 6.32. The second-order valence-electron chi connectivity index (χ2n) is 6.86. The van der Waals surface area contributed by atoms with E-state index in [4.69, 9.17) is 16.3 Å². The van der Waals surface area contributed by atoms with Gasteiger partial charge in [-0.15, -0.1) is 0 Å². The summed E-state index contributed by atoms with van der Waals surface area (Å²) in [7, 11) is 1.78. The Hall–Kier alpha value is -1.99. The summed E-state index contributed by atoms with van der Waals surface area (Å²) in [5.74, 6) is 1.69.